The number of halogens is 2. The number of nitrogens with zero attached hydrogens (tertiary/aromatic N) is 2. The number of benzene rings is 2. The fourth-order valence-corrected chi connectivity index (χ4v) is 5.55. The zero-order chi connectivity index (χ0) is 28.4. The van der Waals surface area contributed by atoms with Gasteiger partial charge in [-0.15, -0.1) is 0 Å². The molecule has 8 nitrogen and oxygen atoms in total. The molecule has 1 saturated heterocycles. The molecule has 0 bridgehead atoms. The first-order chi connectivity index (χ1) is 18.5. The molecule has 1 atom stereocenters. The average Bonchev–Trinajstić information content (AvgIpc) is 3.39. The first-order valence-electron chi connectivity index (χ1n) is 12.2. The number of ether oxygens (including phenoxy) is 2. The molecule has 0 spiro atoms. The number of thiazole rings is 1. The Morgan fingerprint density at radius 1 is 1.15 bits per heavy atom. The van der Waals surface area contributed by atoms with E-state index >= 15 is 0 Å². The van der Waals surface area contributed by atoms with Crippen LogP contribution < -0.4 is 9.64 Å². The normalized spacial score (nSPS) is 16.7. The lowest BCUT2D eigenvalue weighted by Crippen LogP contribution is -2.29. The largest absolute Gasteiger partial charge is 0.507 e. The van der Waals surface area contributed by atoms with Crippen LogP contribution in [0.2, 0.25) is 10.0 Å². The van der Waals surface area contributed by atoms with Crippen LogP contribution in [0, 0.1) is 12.8 Å². The number of carbonyl (C=O) groups excluding carboxylic acids is 3. The first kappa shape index (κ1) is 28.6. The van der Waals surface area contributed by atoms with Crippen molar-refractivity contribution in [1.29, 1.82) is 0 Å². The Kier molecular flexibility index (Phi) is 8.64. The molecule has 1 unspecified atom stereocenters. The molecule has 1 amide bonds. The Labute approximate surface area is 239 Å². The number of hydrogen-bond acceptors (Lipinski definition) is 8. The van der Waals surface area contributed by atoms with Crippen molar-refractivity contribution in [2.24, 2.45) is 5.92 Å². The molecule has 0 saturated carbocycles. The maximum atomic E-state index is 13.4. The quantitative estimate of drug-likeness (QED) is 0.137. The summed E-state index contributed by atoms with van der Waals surface area (Å²) in [6.07, 6.45) is 0. The molecule has 11 heteroatoms. The number of aromatic nitrogens is 1. The molecule has 3 aromatic rings. The van der Waals surface area contributed by atoms with E-state index in [1.54, 1.807) is 50.2 Å². The highest BCUT2D eigenvalue weighted by Gasteiger charge is 2.49. The maximum absolute atomic E-state index is 13.4. The van der Waals surface area contributed by atoms with Gasteiger partial charge in [0.1, 0.15) is 16.4 Å². The van der Waals surface area contributed by atoms with E-state index in [-0.39, 0.29) is 33.0 Å². The number of aliphatic hydroxyl groups is 1. The Morgan fingerprint density at radius 3 is 2.46 bits per heavy atom. The van der Waals surface area contributed by atoms with Gasteiger partial charge in [0, 0.05) is 15.6 Å². The lowest BCUT2D eigenvalue weighted by Gasteiger charge is -2.24. The highest BCUT2D eigenvalue weighted by molar-refractivity contribution is 7.17. The van der Waals surface area contributed by atoms with Gasteiger partial charge in [-0.2, -0.15) is 0 Å². The minimum absolute atomic E-state index is 0.0881. The Bertz CT molecular complexity index is 1470. The van der Waals surface area contributed by atoms with Gasteiger partial charge < -0.3 is 14.6 Å². The van der Waals surface area contributed by atoms with Gasteiger partial charge in [-0.1, -0.05) is 54.5 Å². The minimum Gasteiger partial charge on any atom is -0.507 e. The van der Waals surface area contributed by atoms with Crippen molar-refractivity contribution in [3.8, 4) is 5.75 Å². The van der Waals surface area contributed by atoms with Gasteiger partial charge in [0.15, 0.2) is 5.13 Å². The molecule has 1 aliphatic rings. The number of aryl methyl sites for hydroxylation is 1. The summed E-state index contributed by atoms with van der Waals surface area (Å²) in [6.45, 7) is 8.03. The van der Waals surface area contributed by atoms with E-state index in [1.807, 2.05) is 13.8 Å². The summed E-state index contributed by atoms with van der Waals surface area (Å²) in [5, 5.41) is 12.0. The Morgan fingerprint density at radius 2 is 1.85 bits per heavy atom. The van der Waals surface area contributed by atoms with Crippen LogP contribution in [0.5, 0.6) is 5.75 Å². The first-order valence-corrected chi connectivity index (χ1v) is 13.7. The zero-order valence-electron chi connectivity index (χ0n) is 21.7. The van der Waals surface area contributed by atoms with Crippen LogP contribution in [-0.2, 0) is 14.3 Å². The third-order valence-electron chi connectivity index (χ3n) is 5.86. The number of hydrogen-bond donors (Lipinski definition) is 1. The van der Waals surface area contributed by atoms with Crippen molar-refractivity contribution in [3.63, 3.8) is 0 Å². The van der Waals surface area contributed by atoms with Gasteiger partial charge >= 0.3 is 11.9 Å². The third kappa shape index (κ3) is 5.80. The number of anilines is 1. The third-order valence-corrected chi connectivity index (χ3v) is 7.56. The summed E-state index contributed by atoms with van der Waals surface area (Å²) < 4.78 is 10.8. The number of Topliss-reactive ketones (excluding diaryl/α,β-unsaturated/α-hetero) is 1. The van der Waals surface area contributed by atoms with Crippen LogP contribution in [0.25, 0.3) is 5.76 Å². The summed E-state index contributed by atoms with van der Waals surface area (Å²) in [5.41, 5.74) is 0.825. The standard InChI is InChI=1S/C28H26Cl2N2O6S/c1-5-37-27(36)25-15(4)31-28(39-25)32-22(19-11-8-17(29)12-20(19)30)21(24(34)26(32)35)23(33)16-6-9-18(10-7-16)38-13-14(2)3/h6-12,14,22,33H,5,13H2,1-4H3/b23-21+. The lowest BCUT2D eigenvalue weighted by molar-refractivity contribution is -0.132. The maximum Gasteiger partial charge on any atom is 0.350 e. The Balaban J connectivity index is 1.85. The highest BCUT2D eigenvalue weighted by Crippen LogP contribution is 2.46. The molecular formula is C28H26Cl2N2O6S. The Hall–Kier alpha value is -3.40. The number of ketones is 1. The lowest BCUT2D eigenvalue weighted by atomic mass is 9.95. The van der Waals surface area contributed by atoms with Crippen molar-refractivity contribution in [1.82, 2.24) is 4.98 Å². The molecule has 1 N–H and O–H groups in total. The molecular weight excluding hydrogens is 563 g/mol. The van der Waals surface area contributed by atoms with Crippen molar-refractivity contribution < 1.29 is 29.0 Å². The van der Waals surface area contributed by atoms with Crippen LogP contribution in [0.3, 0.4) is 0 Å². The van der Waals surface area contributed by atoms with Crippen molar-refractivity contribution >= 4 is 63.1 Å². The molecule has 0 aliphatic carbocycles. The predicted molar refractivity (Wildman–Crippen MR) is 151 cm³/mol. The monoisotopic (exact) mass is 588 g/mol. The molecule has 39 heavy (non-hydrogen) atoms. The fraction of sp³-hybridized carbons (Fsp3) is 0.286. The van der Waals surface area contributed by atoms with Crippen molar-refractivity contribution in [2.45, 2.75) is 33.7 Å². The topological polar surface area (TPSA) is 106 Å². The molecule has 4 rings (SSSR count). The summed E-state index contributed by atoms with van der Waals surface area (Å²) >= 11 is 13.6. The molecule has 0 radical (unpaired) electrons. The van der Waals surface area contributed by atoms with Crippen molar-refractivity contribution in [3.05, 3.63) is 79.8 Å². The fourth-order valence-electron chi connectivity index (χ4n) is 4.05. The van der Waals surface area contributed by atoms with E-state index in [1.165, 1.54) is 6.07 Å². The van der Waals surface area contributed by atoms with E-state index in [2.05, 4.69) is 4.98 Å². The molecule has 1 fully saturated rings. The van der Waals surface area contributed by atoms with Crippen LogP contribution in [0.4, 0.5) is 5.13 Å². The number of rotatable bonds is 8. The summed E-state index contributed by atoms with van der Waals surface area (Å²) in [4.78, 5) is 45.0. The minimum atomic E-state index is -1.13. The summed E-state index contributed by atoms with van der Waals surface area (Å²) in [7, 11) is 0. The van der Waals surface area contributed by atoms with Gasteiger partial charge in [-0.25, -0.2) is 9.78 Å². The van der Waals surface area contributed by atoms with Gasteiger partial charge in [-0.3, -0.25) is 14.5 Å². The predicted octanol–water partition coefficient (Wildman–Crippen LogP) is 6.60. The van der Waals surface area contributed by atoms with E-state index in [4.69, 9.17) is 32.7 Å². The van der Waals surface area contributed by atoms with Crippen LogP contribution in [0.15, 0.2) is 48.0 Å². The molecule has 1 aliphatic heterocycles. The van der Waals surface area contributed by atoms with Crippen LogP contribution >= 0.6 is 34.5 Å². The van der Waals surface area contributed by atoms with Crippen LogP contribution in [0.1, 0.15) is 53.3 Å². The summed E-state index contributed by atoms with van der Waals surface area (Å²) in [5.74, 6) is -1.89. The highest BCUT2D eigenvalue weighted by atomic mass is 35.5. The van der Waals surface area contributed by atoms with E-state index < -0.39 is 23.7 Å². The second-order valence-corrected chi connectivity index (χ2v) is 11.0. The molecule has 2 heterocycles. The van der Waals surface area contributed by atoms with Gasteiger partial charge in [-0.05, 0) is 61.7 Å². The number of amides is 1. The van der Waals surface area contributed by atoms with Gasteiger partial charge in [0.05, 0.1) is 30.5 Å². The number of carbonyl (C=O) groups is 3. The molecule has 2 aromatic carbocycles. The smallest absolute Gasteiger partial charge is 0.350 e. The van der Waals surface area contributed by atoms with E-state index in [0.29, 0.717) is 40.1 Å². The average molecular weight is 589 g/mol. The summed E-state index contributed by atoms with van der Waals surface area (Å²) in [6, 6.07) is 10.1. The van der Waals surface area contributed by atoms with Crippen molar-refractivity contribution in [2.75, 3.05) is 18.1 Å². The van der Waals surface area contributed by atoms with Crippen LogP contribution in [-0.4, -0.2) is 41.0 Å². The second kappa shape index (κ2) is 11.8. The molecule has 1 aromatic heterocycles. The SMILES string of the molecule is CCOC(=O)c1sc(N2C(=O)C(=O)/C(=C(/O)c3ccc(OCC(C)C)cc3)C2c2ccc(Cl)cc2Cl)nc1C. The number of aliphatic hydroxyl groups excluding tert-OH is 1. The second-order valence-electron chi connectivity index (χ2n) is 9.20. The van der Waals surface area contributed by atoms with Gasteiger partial charge in [0.25, 0.3) is 5.78 Å². The van der Waals surface area contributed by atoms with Gasteiger partial charge in [0.2, 0.25) is 0 Å². The van der Waals surface area contributed by atoms with E-state index in [9.17, 15) is 19.5 Å². The number of esters is 1. The van der Waals surface area contributed by atoms with E-state index in [0.717, 1.165) is 16.2 Å². The zero-order valence-corrected chi connectivity index (χ0v) is 24.0. The molecule has 204 valence electrons.